The first-order valence-electron chi connectivity index (χ1n) is 10.6. The molecule has 0 saturated heterocycles. The first kappa shape index (κ1) is 19.4. The average molecular weight is 413 g/mol. The van der Waals surface area contributed by atoms with Gasteiger partial charge >= 0.3 is 12.1 Å². The molecule has 5 heteroatoms. The van der Waals surface area contributed by atoms with Crippen molar-refractivity contribution in [3.05, 3.63) is 95.1 Å². The number of rotatable bonds is 3. The molecule has 0 saturated carbocycles. The number of ether oxygens (including phenoxy) is 1. The van der Waals surface area contributed by atoms with Crippen LogP contribution in [0.4, 0.5) is 4.79 Å². The number of aliphatic carboxylic acids is 1. The van der Waals surface area contributed by atoms with Crippen molar-refractivity contribution >= 4 is 12.1 Å². The van der Waals surface area contributed by atoms with E-state index in [0.29, 0.717) is 18.5 Å². The fraction of sp³-hybridized carbons (Fsp3) is 0.231. The molecule has 0 fully saturated rings. The molecule has 5 rings (SSSR count). The molecule has 3 aromatic carbocycles. The molecule has 1 aliphatic carbocycles. The average Bonchev–Trinajstić information content (AvgIpc) is 2.97. The van der Waals surface area contributed by atoms with Crippen LogP contribution in [0.2, 0.25) is 0 Å². The maximum atomic E-state index is 13.1. The fourth-order valence-electron chi connectivity index (χ4n) is 4.91. The third kappa shape index (κ3) is 3.36. The van der Waals surface area contributed by atoms with E-state index < -0.39 is 18.1 Å². The molecule has 156 valence electrons. The monoisotopic (exact) mass is 413 g/mol. The summed E-state index contributed by atoms with van der Waals surface area (Å²) < 4.78 is 5.75. The third-order valence-corrected chi connectivity index (χ3v) is 6.31. The number of benzene rings is 3. The normalized spacial score (nSPS) is 17.3. The van der Waals surface area contributed by atoms with Gasteiger partial charge in [0.2, 0.25) is 0 Å². The van der Waals surface area contributed by atoms with E-state index in [2.05, 4.69) is 24.3 Å². The lowest BCUT2D eigenvalue weighted by atomic mass is 9.98. The van der Waals surface area contributed by atoms with Crippen molar-refractivity contribution in [1.29, 1.82) is 0 Å². The van der Waals surface area contributed by atoms with Crippen molar-refractivity contribution in [2.24, 2.45) is 0 Å². The van der Waals surface area contributed by atoms with Gasteiger partial charge in [-0.3, -0.25) is 4.90 Å². The van der Waals surface area contributed by atoms with Gasteiger partial charge in [0, 0.05) is 12.5 Å². The second kappa shape index (κ2) is 7.91. The van der Waals surface area contributed by atoms with E-state index in [1.165, 1.54) is 4.90 Å². The number of hydrogen-bond donors (Lipinski definition) is 1. The molecule has 1 amide bonds. The molecule has 1 atom stereocenters. The molecule has 5 nitrogen and oxygen atoms in total. The molecule has 3 aromatic rings. The molecular formula is C26H23NO4. The second-order valence-corrected chi connectivity index (χ2v) is 8.04. The highest BCUT2D eigenvalue weighted by Crippen LogP contribution is 2.44. The summed E-state index contributed by atoms with van der Waals surface area (Å²) in [5.41, 5.74) is 6.22. The Kier molecular flexibility index (Phi) is 4.94. The summed E-state index contributed by atoms with van der Waals surface area (Å²) in [7, 11) is 0. The van der Waals surface area contributed by atoms with Crippen LogP contribution in [0.3, 0.4) is 0 Å². The van der Waals surface area contributed by atoms with Gasteiger partial charge in [0.05, 0.1) is 0 Å². The molecule has 31 heavy (non-hydrogen) atoms. The molecule has 0 spiro atoms. The van der Waals surface area contributed by atoms with Gasteiger partial charge in [-0.15, -0.1) is 0 Å². The standard InChI is InChI=1S/C26H23NO4/c28-25(29)24-18-10-2-1-8-17(18)9-7-15-27(24)26(30)31-16-23-21-13-5-3-11-19(21)20-12-4-6-14-22(20)23/h1-6,8,10-14,23-24H,7,9,15-16H2,(H,28,29). The first-order valence-corrected chi connectivity index (χ1v) is 10.6. The van der Waals surface area contributed by atoms with Crippen molar-refractivity contribution in [2.75, 3.05) is 13.2 Å². The number of carboxylic acids is 1. The van der Waals surface area contributed by atoms with Gasteiger partial charge in [0.1, 0.15) is 6.61 Å². The molecule has 1 aliphatic heterocycles. The number of amides is 1. The smallest absolute Gasteiger partial charge is 0.410 e. The molecule has 1 unspecified atom stereocenters. The Bertz CT molecular complexity index is 1110. The minimum Gasteiger partial charge on any atom is -0.479 e. The lowest BCUT2D eigenvalue weighted by Gasteiger charge is -2.28. The highest BCUT2D eigenvalue weighted by atomic mass is 16.6. The summed E-state index contributed by atoms with van der Waals surface area (Å²) in [6.45, 7) is 0.527. The Hall–Kier alpha value is -3.60. The zero-order valence-corrected chi connectivity index (χ0v) is 17.0. The zero-order valence-electron chi connectivity index (χ0n) is 17.0. The Labute approximate surface area is 180 Å². The van der Waals surface area contributed by atoms with E-state index in [1.807, 2.05) is 42.5 Å². The van der Waals surface area contributed by atoms with Crippen LogP contribution >= 0.6 is 0 Å². The Balaban J connectivity index is 1.40. The van der Waals surface area contributed by atoms with Crippen LogP contribution in [0.15, 0.2) is 72.8 Å². The summed E-state index contributed by atoms with van der Waals surface area (Å²) in [5, 5.41) is 9.92. The van der Waals surface area contributed by atoms with Gasteiger partial charge in [0.15, 0.2) is 6.04 Å². The van der Waals surface area contributed by atoms with Crippen LogP contribution in [0.1, 0.15) is 40.6 Å². The van der Waals surface area contributed by atoms with E-state index in [-0.39, 0.29) is 12.5 Å². The molecule has 0 bridgehead atoms. The highest BCUT2D eigenvalue weighted by molar-refractivity contribution is 5.83. The highest BCUT2D eigenvalue weighted by Gasteiger charge is 2.36. The predicted octanol–water partition coefficient (Wildman–Crippen LogP) is 5.01. The van der Waals surface area contributed by atoms with E-state index in [4.69, 9.17) is 4.74 Å². The lowest BCUT2D eigenvalue weighted by Crippen LogP contribution is -2.39. The zero-order chi connectivity index (χ0) is 21.4. The van der Waals surface area contributed by atoms with Crippen molar-refractivity contribution in [3.8, 4) is 11.1 Å². The number of carbonyl (C=O) groups excluding carboxylic acids is 1. The largest absolute Gasteiger partial charge is 0.479 e. The minimum absolute atomic E-state index is 0.0566. The summed E-state index contributed by atoms with van der Waals surface area (Å²) in [5.74, 6) is -1.10. The van der Waals surface area contributed by atoms with E-state index in [0.717, 1.165) is 34.2 Å². The van der Waals surface area contributed by atoms with Crippen molar-refractivity contribution in [2.45, 2.75) is 24.8 Å². The fourth-order valence-corrected chi connectivity index (χ4v) is 4.91. The summed E-state index contributed by atoms with van der Waals surface area (Å²) in [6, 6.07) is 22.7. The quantitative estimate of drug-likeness (QED) is 0.655. The molecule has 1 heterocycles. The van der Waals surface area contributed by atoms with Crippen molar-refractivity contribution in [3.63, 3.8) is 0 Å². The van der Waals surface area contributed by atoms with Gasteiger partial charge in [0.25, 0.3) is 0 Å². The van der Waals surface area contributed by atoms with Gasteiger partial charge in [-0.05, 0) is 46.2 Å². The van der Waals surface area contributed by atoms with Crippen LogP contribution in [-0.2, 0) is 16.0 Å². The van der Waals surface area contributed by atoms with Gasteiger partial charge in [-0.2, -0.15) is 0 Å². The van der Waals surface area contributed by atoms with Crippen molar-refractivity contribution < 1.29 is 19.4 Å². The van der Waals surface area contributed by atoms with Crippen LogP contribution in [-0.4, -0.2) is 35.2 Å². The summed E-state index contributed by atoms with van der Waals surface area (Å²) in [6.07, 6.45) is 0.865. The van der Waals surface area contributed by atoms with Gasteiger partial charge in [-0.25, -0.2) is 9.59 Å². The van der Waals surface area contributed by atoms with Crippen LogP contribution in [0.25, 0.3) is 11.1 Å². The van der Waals surface area contributed by atoms with E-state index in [9.17, 15) is 14.7 Å². The second-order valence-electron chi connectivity index (χ2n) is 8.04. The Morgan fingerprint density at radius 3 is 2.10 bits per heavy atom. The first-order chi connectivity index (χ1) is 15.1. The molecule has 0 aromatic heterocycles. The van der Waals surface area contributed by atoms with Crippen LogP contribution in [0, 0.1) is 0 Å². The SMILES string of the molecule is O=C(O)C1c2ccccc2CCCN1C(=O)OCC1c2ccccc2-c2ccccc21. The number of hydrogen-bond acceptors (Lipinski definition) is 3. The molecule has 0 radical (unpaired) electrons. The molecule has 2 aliphatic rings. The van der Waals surface area contributed by atoms with Crippen LogP contribution in [0.5, 0.6) is 0 Å². The Morgan fingerprint density at radius 1 is 0.871 bits per heavy atom. The number of fused-ring (bicyclic) bond motifs is 4. The van der Waals surface area contributed by atoms with E-state index >= 15 is 0 Å². The number of nitrogens with zero attached hydrogens (tertiary/aromatic N) is 1. The topological polar surface area (TPSA) is 66.8 Å². The van der Waals surface area contributed by atoms with Crippen LogP contribution < -0.4 is 0 Å². The van der Waals surface area contributed by atoms with E-state index in [1.54, 1.807) is 6.07 Å². The lowest BCUT2D eigenvalue weighted by molar-refractivity contribution is -0.143. The number of aryl methyl sites for hydroxylation is 1. The minimum atomic E-state index is -1.04. The molecule has 1 N–H and O–H groups in total. The summed E-state index contributed by atoms with van der Waals surface area (Å²) >= 11 is 0. The predicted molar refractivity (Wildman–Crippen MR) is 117 cm³/mol. The molecular weight excluding hydrogens is 390 g/mol. The van der Waals surface area contributed by atoms with Gasteiger partial charge in [-0.1, -0.05) is 72.8 Å². The Morgan fingerprint density at radius 2 is 1.45 bits per heavy atom. The third-order valence-electron chi connectivity index (χ3n) is 6.31. The summed E-state index contributed by atoms with van der Waals surface area (Å²) in [4.78, 5) is 26.6. The maximum absolute atomic E-state index is 13.1. The number of carboxylic acid groups (broad SMARTS) is 1. The van der Waals surface area contributed by atoms with Gasteiger partial charge < -0.3 is 9.84 Å². The maximum Gasteiger partial charge on any atom is 0.410 e. The number of carbonyl (C=O) groups is 2. The van der Waals surface area contributed by atoms with Crippen molar-refractivity contribution in [1.82, 2.24) is 4.90 Å².